The summed E-state index contributed by atoms with van der Waals surface area (Å²) in [5, 5.41) is 2.78. The van der Waals surface area contributed by atoms with E-state index >= 15 is 0 Å². The maximum atomic E-state index is 13.5. The van der Waals surface area contributed by atoms with Crippen molar-refractivity contribution < 1.29 is 8.78 Å². The average molecular weight is 264 g/mol. The SMILES string of the molecule is CN(C)c1cccc(Nc2nc(N)c(F)cc2F)c1. The molecular formula is C13H14F2N4. The summed E-state index contributed by atoms with van der Waals surface area (Å²) in [5.41, 5.74) is 6.91. The normalized spacial score (nSPS) is 10.3. The molecule has 0 aliphatic carbocycles. The van der Waals surface area contributed by atoms with Crippen LogP contribution in [0.4, 0.5) is 31.8 Å². The van der Waals surface area contributed by atoms with Gasteiger partial charge in [-0.15, -0.1) is 0 Å². The van der Waals surface area contributed by atoms with Crippen LogP contribution in [0.15, 0.2) is 30.3 Å². The lowest BCUT2D eigenvalue weighted by atomic mass is 10.2. The Morgan fingerprint density at radius 1 is 1.16 bits per heavy atom. The van der Waals surface area contributed by atoms with Crippen LogP contribution in [0, 0.1) is 11.6 Å². The third-order valence-electron chi connectivity index (χ3n) is 2.58. The molecule has 0 unspecified atom stereocenters. The van der Waals surface area contributed by atoms with Crippen LogP contribution >= 0.6 is 0 Å². The van der Waals surface area contributed by atoms with Crippen LogP contribution in [0.2, 0.25) is 0 Å². The van der Waals surface area contributed by atoms with Crippen LogP contribution < -0.4 is 16.0 Å². The Balaban J connectivity index is 2.31. The van der Waals surface area contributed by atoms with Crippen LogP contribution in [-0.4, -0.2) is 19.1 Å². The van der Waals surface area contributed by atoms with Crippen LogP contribution in [0.1, 0.15) is 0 Å². The highest BCUT2D eigenvalue weighted by Crippen LogP contribution is 2.23. The van der Waals surface area contributed by atoms with Crippen molar-refractivity contribution >= 4 is 23.0 Å². The van der Waals surface area contributed by atoms with E-state index in [1.807, 2.05) is 37.2 Å². The fourth-order valence-electron chi connectivity index (χ4n) is 1.57. The zero-order chi connectivity index (χ0) is 14.0. The lowest BCUT2D eigenvalue weighted by Gasteiger charge is -2.14. The minimum atomic E-state index is -0.870. The van der Waals surface area contributed by atoms with E-state index < -0.39 is 11.6 Å². The number of nitrogens with two attached hydrogens (primary N) is 1. The van der Waals surface area contributed by atoms with Gasteiger partial charge >= 0.3 is 0 Å². The Morgan fingerprint density at radius 2 is 1.89 bits per heavy atom. The van der Waals surface area contributed by atoms with E-state index in [0.29, 0.717) is 11.8 Å². The summed E-state index contributed by atoms with van der Waals surface area (Å²) in [4.78, 5) is 5.56. The summed E-state index contributed by atoms with van der Waals surface area (Å²) in [6, 6.07) is 8.02. The Bertz CT molecular complexity index is 599. The van der Waals surface area contributed by atoms with Crippen molar-refractivity contribution in [2.24, 2.45) is 0 Å². The molecular weight excluding hydrogens is 250 g/mol. The second-order valence-electron chi connectivity index (χ2n) is 4.26. The smallest absolute Gasteiger partial charge is 0.169 e. The van der Waals surface area contributed by atoms with E-state index in [-0.39, 0.29) is 11.6 Å². The molecule has 2 aromatic rings. The molecule has 0 saturated carbocycles. The van der Waals surface area contributed by atoms with Gasteiger partial charge in [-0.3, -0.25) is 0 Å². The predicted molar refractivity (Wildman–Crippen MR) is 72.6 cm³/mol. The molecule has 3 N–H and O–H groups in total. The molecule has 1 heterocycles. The largest absolute Gasteiger partial charge is 0.381 e. The highest BCUT2D eigenvalue weighted by molar-refractivity contribution is 5.64. The number of halogens is 2. The molecule has 0 radical (unpaired) electrons. The van der Waals surface area contributed by atoms with E-state index in [0.717, 1.165) is 5.69 Å². The molecule has 0 saturated heterocycles. The van der Waals surface area contributed by atoms with Gasteiger partial charge in [-0.25, -0.2) is 13.8 Å². The Labute approximate surface area is 109 Å². The minimum Gasteiger partial charge on any atom is -0.381 e. The summed E-state index contributed by atoms with van der Waals surface area (Å²) < 4.78 is 26.6. The topological polar surface area (TPSA) is 54.2 Å². The third-order valence-corrected chi connectivity index (χ3v) is 2.58. The molecule has 0 fully saturated rings. The van der Waals surface area contributed by atoms with Gasteiger partial charge in [-0.1, -0.05) is 6.07 Å². The Kier molecular flexibility index (Phi) is 3.50. The maximum absolute atomic E-state index is 13.5. The highest BCUT2D eigenvalue weighted by Gasteiger charge is 2.10. The van der Waals surface area contributed by atoms with Crippen LogP contribution in [-0.2, 0) is 0 Å². The first-order valence-corrected chi connectivity index (χ1v) is 5.63. The minimum absolute atomic E-state index is 0.102. The monoisotopic (exact) mass is 264 g/mol. The number of anilines is 4. The van der Waals surface area contributed by atoms with Crippen molar-refractivity contribution in [2.45, 2.75) is 0 Å². The summed E-state index contributed by atoms with van der Waals surface area (Å²) in [7, 11) is 3.79. The van der Waals surface area contributed by atoms with E-state index in [1.54, 1.807) is 6.07 Å². The predicted octanol–water partition coefficient (Wildman–Crippen LogP) is 2.75. The molecule has 19 heavy (non-hydrogen) atoms. The first kappa shape index (κ1) is 13.1. The van der Waals surface area contributed by atoms with Crippen molar-refractivity contribution in [3.8, 4) is 0 Å². The summed E-state index contributed by atoms with van der Waals surface area (Å²) in [6.07, 6.45) is 0. The number of hydrogen-bond donors (Lipinski definition) is 2. The molecule has 1 aromatic heterocycles. The number of aromatic nitrogens is 1. The molecule has 0 amide bonds. The van der Waals surface area contributed by atoms with E-state index in [1.165, 1.54) is 0 Å². The van der Waals surface area contributed by atoms with Crippen molar-refractivity contribution in [3.63, 3.8) is 0 Å². The van der Waals surface area contributed by atoms with Gasteiger partial charge < -0.3 is 16.0 Å². The molecule has 0 aliphatic rings. The third kappa shape index (κ3) is 2.90. The van der Waals surface area contributed by atoms with Crippen molar-refractivity contribution in [1.82, 2.24) is 4.98 Å². The Hall–Kier alpha value is -2.37. The van der Waals surface area contributed by atoms with E-state index in [4.69, 9.17) is 5.73 Å². The summed E-state index contributed by atoms with van der Waals surface area (Å²) >= 11 is 0. The number of rotatable bonds is 3. The van der Waals surface area contributed by atoms with Crippen molar-refractivity contribution in [3.05, 3.63) is 42.0 Å². The second-order valence-corrected chi connectivity index (χ2v) is 4.26. The molecule has 6 heteroatoms. The molecule has 1 aromatic carbocycles. The molecule has 0 spiro atoms. The van der Waals surface area contributed by atoms with Crippen molar-refractivity contribution in [1.29, 1.82) is 0 Å². The molecule has 4 nitrogen and oxygen atoms in total. The van der Waals surface area contributed by atoms with Crippen molar-refractivity contribution in [2.75, 3.05) is 30.0 Å². The quantitative estimate of drug-likeness (QED) is 0.895. The van der Waals surface area contributed by atoms with Crippen LogP contribution in [0.5, 0.6) is 0 Å². The van der Waals surface area contributed by atoms with Gasteiger partial charge in [0.15, 0.2) is 23.3 Å². The standard InChI is InChI=1S/C13H14F2N4/c1-19(2)9-5-3-4-8(6-9)17-13-11(15)7-10(14)12(16)18-13/h3-7H,1-2H3,(H3,16,17,18). The fraction of sp³-hybridized carbons (Fsp3) is 0.154. The zero-order valence-corrected chi connectivity index (χ0v) is 10.6. The van der Waals surface area contributed by atoms with Crippen LogP contribution in [0.3, 0.4) is 0 Å². The Morgan fingerprint density at radius 3 is 2.58 bits per heavy atom. The molecule has 0 bridgehead atoms. The lowest BCUT2D eigenvalue weighted by Crippen LogP contribution is -2.09. The van der Waals surface area contributed by atoms with Gasteiger partial charge in [0.25, 0.3) is 0 Å². The zero-order valence-electron chi connectivity index (χ0n) is 10.6. The van der Waals surface area contributed by atoms with Gasteiger partial charge in [-0.05, 0) is 18.2 Å². The second kappa shape index (κ2) is 5.09. The van der Waals surface area contributed by atoms with Gasteiger partial charge in [0, 0.05) is 31.5 Å². The van der Waals surface area contributed by atoms with Gasteiger partial charge in [0.05, 0.1) is 0 Å². The molecule has 100 valence electrons. The van der Waals surface area contributed by atoms with Crippen LogP contribution in [0.25, 0.3) is 0 Å². The average Bonchev–Trinajstić information content (AvgIpc) is 2.36. The lowest BCUT2D eigenvalue weighted by molar-refractivity contribution is 0.581. The number of hydrogen-bond acceptors (Lipinski definition) is 4. The summed E-state index contributed by atoms with van der Waals surface area (Å²) in [5.74, 6) is -2.10. The van der Waals surface area contributed by atoms with E-state index in [2.05, 4.69) is 10.3 Å². The summed E-state index contributed by atoms with van der Waals surface area (Å²) in [6.45, 7) is 0. The maximum Gasteiger partial charge on any atom is 0.169 e. The number of benzene rings is 1. The number of nitrogen functional groups attached to an aromatic ring is 1. The first-order chi connectivity index (χ1) is 8.97. The van der Waals surface area contributed by atoms with Gasteiger partial charge in [0.1, 0.15) is 0 Å². The molecule has 0 atom stereocenters. The number of pyridine rings is 1. The first-order valence-electron chi connectivity index (χ1n) is 5.63. The van der Waals surface area contributed by atoms with Gasteiger partial charge in [-0.2, -0.15) is 0 Å². The van der Waals surface area contributed by atoms with E-state index in [9.17, 15) is 8.78 Å². The number of nitrogens with one attached hydrogen (secondary N) is 1. The number of nitrogens with zero attached hydrogens (tertiary/aromatic N) is 2. The fourth-order valence-corrected chi connectivity index (χ4v) is 1.57. The molecule has 0 aliphatic heterocycles. The molecule has 2 rings (SSSR count). The highest BCUT2D eigenvalue weighted by atomic mass is 19.1. The van der Waals surface area contributed by atoms with Gasteiger partial charge in [0.2, 0.25) is 0 Å².